The number of amides is 1. The first-order chi connectivity index (χ1) is 12.9. The standard InChI is InChI=1S/C18H20N4O3S2/c1-4-12-5-6-13-15(11-12)27-18(19-13)21(10-9-20(2)3)17(23)14-7-8-16(26-14)22(24)25/h5-8,11H,4,9-10H2,1-3H3. The Morgan fingerprint density at radius 1 is 1.19 bits per heavy atom. The third-order valence-electron chi connectivity index (χ3n) is 4.08. The average Bonchev–Trinajstić information content (AvgIpc) is 3.27. The Labute approximate surface area is 165 Å². The number of thiazole rings is 1. The molecular formula is C18H20N4O3S2. The maximum atomic E-state index is 13.1. The number of nitrogens with zero attached hydrogens (tertiary/aromatic N) is 4. The average molecular weight is 405 g/mol. The molecule has 2 heterocycles. The molecule has 0 unspecified atom stereocenters. The Kier molecular flexibility index (Phi) is 5.83. The first kappa shape index (κ1) is 19.4. The molecule has 2 aromatic heterocycles. The lowest BCUT2D eigenvalue weighted by molar-refractivity contribution is -0.380. The van der Waals surface area contributed by atoms with Crippen molar-refractivity contribution >= 4 is 48.9 Å². The van der Waals surface area contributed by atoms with E-state index in [1.165, 1.54) is 29.0 Å². The number of hydrogen-bond donors (Lipinski definition) is 0. The molecule has 9 heteroatoms. The fourth-order valence-corrected chi connectivity index (χ4v) is 4.37. The van der Waals surface area contributed by atoms with Crippen molar-refractivity contribution in [2.75, 3.05) is 32.1 Å². The van der Waals surface area contributed by atoms with Crippen LogP contribution in [0.2, 0.25) is 0 Å². The highest BCUT2D eigenvalue weighted by Gasteiger charge is 2.24. The van der Waals surface area contributed by atoms with Gasteiger partial charge in [-0.05, 0) is 44.3 Å². The number of rotatable bonds is 7. The van der Waals surface area contributed by atoms with E-state index >= 15 is 0 Å². The second-order valence-electron chi connectivity index (χ2n) is 6.31. The molecule has 0 aliphatic heterocycles. The van der Waals surface area contributed by atoms with Gasteiger partial charge in [0.25, 0.3) is 5.91 Å². The Balaban J connectivity index is 1.96. The van der Waals surface area contributed by atoms with E-state index in [1.54, 1.807) is 4.90 Å². The van der Waals surface area contributed by atoms with E-state index in [0.717, 1.165) is 28.0 Å². The van der Waals surface area contributed by atoms with Crippen LogP contribution in [0.3, 0.4) is 0 Å². The van der Waals surface area contributed by atoms with Crippen molar-refractivity contribution in [1.82, 2.24) is 9.88 Å². The topological polar surface area (TPSA) is 79.6 Å². The number of thiophene rings is 1. The van der Waals surface area contributed by atoms with Crippen LogP contribution in [0.25, 0.3) is 10.2 Å². The Morgan fingerprint density at radius 2 is 1.96 bits per heavy atom. The Hall–Kier alpha value is -2.36. The van der Waals surface area contributed by atoms with Gasteiger partial charge in [-0.1, -0.05) is 35.7 Å². The summed E-state index contributed by atoms with van der Waals surface area (Å²) in [7, 11) is 3.87. The summed E-state index contributed by atoms with van der Waals surface area (Å²) >= 11 is 2.36. The van der Waals surface area contributed by atoms with Gasteiger partial charge in [0.2, 0.25) is 0 Å². The molecule has 0 N–H and O–H groups in total. The lowest BCUT2D eigenvalue weighted by Gasteiger charge is -2.21. The fourth-order valence-electron chi connectivity index (χ4n) is 2.55. The van der Waals surface area contributed by atoms with Crippen molar-refractivity contribution in [3.05, 3.63) is 50.9 Å². The number of carbonyl (C=O) groups excluding carboxylic acids is 1. The van der Waals surface area contributed by atoms with Gasteiger partial charge in [0.1, 0.15) is 0 Å². The fraction of sp³-hybridized carbons (Fsp3) is 0.333. The zero-order valence-electron chi connectivity index (χ0n) is 15.3. The summed E-state index contributed by atoms with van der Waals surface area (Å²) in [4.78, 5) is 32.1. The minimum Gasteiger partial charge on any atom is -0.308 e. The molecule has 0 fully saturated rings. The first-order valence-electron chi connectivity index (χ1n) is 8.49. The van der Waals surface area contributed by atoms with Crippen molar-refractivity contribution in [2.45, 2.75) is 13.3 Å². The number of anilines is 1. The molecule has 0 aliphatic rings. The maximum Gasteiger partial charge on any atom is 0.324 e. The summed E-state index contributed by atoms with van der Waals surface area (Å²) in [6.07, 6.45) is 0.936. The van der Waals surface area contributed by atoms with Gasteiger partial charge in [-0.25, -0.2) is 4.98 Å². The third-order valence-corrected chi connectivity index (χ3v) is 6.15. The molecule has 142 valence electrons. The number of fused-ring (bicyclic) bond motifs is 1. The smallest absolute Gasteiger partial charge is 0.308 e. The lowest BCUT2D eigenvalue weighted by Crippen LogP contribution is -2.36. The molecular weight excluding hydrogens is 384 g/mol. The largest absolute Gasteiger partial charge is 0.324 e. The van der Waals surface area contributed by atoms with Crippen LogP contribution in [0.5, 0.6) is 0 Å². The zero-order valence-corrected chi connectivity index (χ0v) is 17.0. The van der Waals surface area contributed by atoms with Crippen LogP contribution in [0.4, 0.5) is 10.1 Å². The van der Waals surface area contributed by atoms with E-state index in [-0.39, 0.29) is 10.9 Å². The number of hydrogen-bond acceptors (Lipinski definition) is 7. The van der Waals surface area contributed by atoms with Gasteiger partial charge >= 0.3 is 5.00 Å². The van der Waals surface area contributed by atoms with Crippen LogP contribution in [-0.4, -0.2) is 47.9 Å². The molecule has 1 amide bonds. The molecule has 0 radical (unpaired) electrons. The van der Waals surface area contributed by atoms with Crippen LogP contribution in [-0.2, 0) is 6.42 Å². The van der Waals surface area contributed by atoms with Crippen LogP contribution < -0.4 is 4.90 Å². The van der Waals surface area contributed by atoms with Gasteiger partial charge in [-0.2, -0.15) is 0 Å². The molecule has 3 aromatic rings. The SMILES string of the molecule is CCc1ccc2nc(N(CCN(C)C)C(=O)c3ccc([N+](=O)[O-])s3)sc2c1. The molecule has 0 saturated carbocycles. The third kappa shape index (κ3) is 4.32. The van der Waals surface area contributed by atoms with Crippen LogP contribution in [0.1, 0.15) is 22.2 Å². The van der Waals surface area contributed by atoms with Crippen LogP contribution in [0.15, 0.2) is 30.3 Å². The van der Waals surface area contributed by atoms with E-state index in [9.17, 15) is 14.9 Å². The summed E-state index contributed by atoms with van der Waals surface area (Å²) in [5.41, 5.74) is 2.07. The zero-order chi connectivity index (χ0) is 19.6. The molecule has 0 atom stereocenters. The molecule has 3 rings (SSSR count). The summed E-state index contributed by atoms with van der Waals surface area (Å²) in [5.74, 6) is -0.260. The van der Waals surface area contributed by atoms with E-state index in [4.69, 9.17) is 0 Å². The number of benzene rings is 1. The van der Waals surface area contributed by atoms with Crippen LogP contribution in [0, 0.1) is 10.1 Å². The summed E-state index contributed by atoms with van der Waals surface area (Å²) in [6, 6.07) is 8.99. The molecule has 7 nitrogen and oxygen atoms in total. The second kappa shape index (κ2) is 8.12. The number of nitro groups is 1. The van der Waals surface area contributed by atoms with Gasteiger partial charge in [0.05, 0.1) is 20.0 Å². The monoisotopic (exact) mass is 404 g/mol. The van der Waals surface area contributed by atoms with E-state index < -0.39 is 4.92 Å². The normalized spacial score (nSPS) is 11.3. The molecule has 0 saturated heterocycles. The van der Waals surface area contributed by atoms with Crippen molar-refractivity contribution in [3.8, 4) is 0 Å². The highest BCUT2D eigenvalue weighted by atomic mass is 32.1. The van der Waals surface area contributed by atoms with Gasteiger partial charge < -0.3 is 4.90 Å². The van der Waals surface area contributed by atoms with Gasteiger partial charge in [-0.15, -0.1) is 0 Å². The van der Waals surface area contributed by atoms with E-state index in [2.05, 4.69) is 18.0 Å². The lowest BCUT2D eigenvalue weighted by atomic mass is 10.2. The van der Waals surface area contributed by atoms with Gasteiger partial charge in [-0.3, -0.25) is 19.8 Å². The van der Waals surface area contributed by atoms with Crippen molar-refractivity contribution < 1.29 is 9.72 Å². The number of likely N-dealkylation sites (N-methyl/N-ethyl adjacent to an activating group) is 1. The van der Waals surface area contributed by atoms with Crippen molar-refractivity contribution in [3.63, 3.8) is 0 Å². The maximum absolute atomic E-state index is 13.1. The summed E-state index contributed by atoms with van der Waals surface area (Å²) in [6.45, 7) is 3.22. The molecule has 1 aromatic carbocycles. The minimum atomic E-state index is -0.477. The predicted octanol–water partition coefficient (Wildman–Crippen LogP) is 4.04. The molecule has 0 spiro atoms. The van der Waals surface area contributed by atoms with E-state index in [1.807, 2.05) is 31.1 Å². The van der Waals surface area contributed by atoms with Gasteiger partial charge in [0.15, 0.2) is 5.13 Å². The highest BCUT2D eigenvalue weighted by molar-refractivity contribution is 7.22. The number of aromatic nitrogens is 1. The second-order valence-corrected chi connectivity index (χ2v) is 8.38. The van der Waals surface area contributed by atoms with Gasteiger partial charge in [0, 0.05) is 19.2 Å². The number of aryl methyl sites for hydroxylation is 1. The molecule has 0 aliphatic carbocycles. The summed E-state index contributed by atoms with van der Waals surface area (Å²) in [5, 5.41) is 11.5. The molecule has 0 bridgehead atoms. The minimum absolute atomic E-state index is 0.0391. The van der Waals surface area contributed by atoms with E-state index in [0.29, 0.717) is 23.1 Å². The Morgan fingerprint density at radius 3 is 2.59 bits per heavy atom. The molecule has 27 heavy (non-hydrogen) atoms. The van der Waals surface area contributed by atoms with Crippen molar-refractivity contribution in [1.29, 1.82) is 0 Å². The predicted molar refractivity (Wildman–Crippen MR) is 110 cm³/mol. The Bertz CT molecular complexity index is 980. The first-order valence-corrected chi connectivity index (χ1v) is 10.1. The summed E-state index contributed by atoms with van der Waals surface area (Å²) < 4.78 is 1.03. The van der Waals surface area contributed by atoms with Crippen molar-refractivity contribution in [2.24, 2.45) is 0 Å². The quantitative estimate of drug-likeness (QED) is 0.439. The highest BCUT2D eigenvalue weighted by Crippen LogP contribution is 2.32. The number of carbonyl (C=O) groups is 1. The van der Waals surface area contributed by atoms with Crippen LogP contribution >= 0.6 is 22.7 Å².